The first-order valence-electron chi connectivity index (χ1n) is 9.01. The zero-order chi connectivity index (χ0) is 18.2. The van der Waals surface area contributed by atoms with E-state index in [2.05, 4.69) is 36.6 Å². The number of carbonyl (C=O) groups excluding carboxylic acids is 2. The number of amides is 3. The van der Waals surface area contributed by atoms with E-state index in [0.29, 0.717) is 45.2 Å². The van der Waals surface area contributed by atoms with E-state index in [9.17, 15) is 9.59 Å². The topological polar surface area (TPSA) is 70.7 Å². The molecule has 138 valence electrons. The van der Waals surface area contributed by atoms with E-state index >= 15 is 0 Å². The number of nitrogens with one attached hydrogen (secondary N) is 2. The predicted octanol–water partition coefficient (Wildman–Crippen LogP) is 2.25. The molecule has 1 atom stereocenters. The Labute approximate surface area is 149 Å². The summed E-state index contributed by atoms with van der Waals surface area (Å²) in [6, 6.07) is 7.38. The van der Waals surface area contributed by atoms with Crippen LogP contribution in [0.4, 0.5) is 4.79 Å². The van der Waals surface area contributed by atoms with Gasteiger partial charge >= 0.3 is 6.03 Å². The van der Waals surface area contributed by atoms with Gasteiger partial charge in [0.05, 0.1) is 13.2 Å². The molecule has 0 bridgehead atoms. The second kappa shape index (κ2) is 9.42. The lowest BCUT2D eigenvalue weighted by Crippen LogP contribution is -2.53. The van der Waals surface area contributed by atoms with E-state index in [0.717, 1.165) is 5.56 Å². The lowest BCUT2D eigenvalue weighted by atomic mass is 10.0. The van der Waals surface area contributed by atoms with Gasteiger partial charge in [0.25, 0.3) is 0 Å². The highest BCUT2D eigenvalue weighted by Crippen LogP contribution is 2.14. The van der Waals surface area contributed by atoms with Gasteiger partial charge < -0.3 is 20.3 Å². The molecule has 1 heterocycles. The zero-order valence-electron chi connectivity index (χ0n) is 15.4. The van der Waals surface area contributed by atoms with Gasteiger partial charge in [0.1, 0.15) is 6.04 Å². The minimum atomic E-state index is -0.499. The molecule has 1 fully saturated rings. The lowest BCUT2D eigenvalue weighted by molar-refractivity contribution is -0.137. The van der Waals surface area contributed by atoms with Gasteiger partial charge in [0, 0.05) is 19.6 Å². The molecule has 1 aromatic carbocycles. The smallest absolute Gasteiger partial charge is 0.315 e. The number of rotatable bonds is 6. The number of hydrogen-bond donors (Lipinski definition) is 2. The van der Waals surface area contributed by atoms with Crippen LogP contribution < -0.4 is 10.6 Å². The molecule has 0 radical (unpaired) electrons. The normalized spacial score (nSPS) is 15.8. The van der Waals surface area contributed by atoms with E-state index in [1.807, 2.05) is 19.1 Å². The molecule has 1 saturated heterocycles. The Kier molecular flexibility index (Phi) is 7.25. The fourth-order valence-corrected chi connectivity index (χ4v) is 2.75. The molecule has 1 aliphatic heterocycles. The molecule has 2 rings (SSSR count). The maximum absolute atomic E-state index is 12.5. The maximum atomic E-state index is 12.5. The second-order valence-electron chi connectivity index (χ2n) is 6.62. The van der Waals surface area contributed by atoms with Gasteiger partial charge in [-0.1, -0.05) is 45.0 Å². The second-order valence-corrected chi connectivity index (χ2v) is 6.62. The van der Waals surface area contributed by atoms with Gasteiger partial charge in [0.15, 0.2) is 0 Å². The van der Waals surface area contributed by atoms with Crippen LogP contribution in [0, 0.1) is 0 Å². The minimum absolute atomic E-state index is 0.0396. The summed E-state index contributed by atoms with van der Waals surface area (Å²) in [4.78, 5) is 26.4. The van der Waals surface area contributed by atoms with E-state index in [4.69, 9.17) is 4.74 Å². The number of carbonyl (C=O) groups is 2. The van der Waals surface area contributed by atoms with Crippen molar-refractivity contribution in [3.63, 3.8) is 0 Å². The molecule has 3 amide bonds. The zero-order valence-corrected chi connectivity index (χ0v) is 15.4. The van der Waals surface area contributed by atoms with Crippen molar-refractivity contribution in [2.24, 2.45) is 0 Å². The quantitative estimate of drug-likeness (QED) is 0.829. The standard InChI is InChI=1S/C19H29N3O3/c1-4-17(18(23)22-9-11-25-12-10-22)21-19(24)20-13-15-5-7-16(8-6-15)14(2)3/h5-8,14,17H,4,9-13H2,1-3H3,(H2,20,21,24). The molecule has 1 aliphatic rings. The van der Waals surface area contributed by atoms with Crippen molar-refractivity contribution in [2.75, 3.05) is 26.3 Å². The average Bonchev–Trinajstić information content (AvgIpc) is 2.65. The molecule has 2 N–H and O–H groups in total. The van der Waals surface area contributed by atoms with Crippen molar-refractivity contribution in [1.82, 2.24) is 15.5 Å². The molecule has 6 nitrogen and oxygen atoms in total. The Bertz CT molecular complexity index is 566. The monoisotopic (exact) mass is 347 g/mol. The van der Waals surface area contributed by atoms with Crippen LogP contribution in [0.15, 0.2) is 24.3 Å². The van der Waals surface area contributed by atoms with Gasteiger partial charge in [-0.05, 0) is 23.5 Å². The number of nitrogens with zero attached hydrogens (tertiary/aromatic N) is 1. The van der Waals surface area contributed by atoms with Crippen molar-refractivity contribution in [2.45, 2.75) is 45.7 Å². The molecule has 6 heteroatoms. The highest BCUT2D eigenvalue weighted by molar-refractivity contribution is 5.87. The fraction of sp³-hybridized carbons (Fsp3) is 0.579. The first-order valence-corrected chi connectivity index (χ1v) is 9.01. The fourth-order valence-electron chi connectivity index (χ4n) is 2.75. The summed E-state index contributed by atoms with van der Waals surface area (Å²) in [5, 5.41) is 5.61. The summed E-state index contributed by atoms with van der Waals surface area (Å²) in [7, 11) is 0. The third-order valence-corrected chi connectivity index (χ3v) is 4.43. The van der Waals surface area contributed by atoms with Crippen molar-refractivity contribution >= 4 is 11.9 Å². The average molecular weight is 347 g/mol. The molecule has 1 aromatic rings. The number of urea groups is 1. The van der Waals surface area contributed by atoms with Crippen molar-refractivity contribution in [3.05, 3.63) is 35.4 Å². The molecule has 0 aromatic heterocycles. The molecule has 25 heavy (non-hydrogen) atoms. The molecule has 0 saturated carbocycles. The van der Waals surface area contributed by atoms with Crippen LogP contribution in [0.5, 0.6) is 0 Å². The van der Waals surface area contributed by atoms with E-state index in [1.54, 1.807) is 4.90 Å². The summed E-state index contributed by atoms with van der Waals surface area (Å²) in [6.45, 7) is 8.91. The minimum Gasteiger partial charge on any atom is -0.378 e. The first kappa shape index (κ1) is 19.2. The van der Waals surface area contributed by atoms with Crippen LogP contribution in [-0.4, -0.2) is 49.2 Å². The van der Waals surface area contributed by atoms with E-state index < -0.39 is 6.04 Å². The summed E-state index contributed by atoms with van der Waals surface area (Å²) < 4.78 is 5.26. The third-order valence-electron chi connectivity index (χ3n) is 4.43. The van der Waals surface area contributed by atoms with Crippen LogP contribution in [0.25, 0.3) is 0 Å². The van der Waals surface area contributed by atoms with Gasteiger partial charge in [-0.3, -0.25) is 4.79 Å². The van der Waals surface area contributed by atoms with Gasteiger partial charge in [-0.25, -0.2) is 4.79 Å². The Morgan fingerprint density at radius 2 is 1.80 bits per heavy atom. The molecule has 0 aliphatic carbocycles. The summed E-state index contributed by atoms with van der Waals surface area (Å²) >= 11 is 0. The van der Waals surface area contributed by atoms with Crippen LogP contribution in [0.3, 0.4) is 0 Å². The van der Waals surface area contributed by atoms with E-state index in [-0.39, 0.29) is 11.9 Å². The highest BCUT2D eigenvalue weighted by atomic mass is 16.5. The van der Waals surface area contributed by atoms with Crippen LogP contribution in [0.1, 0.15) is 44.2 Å². The van der Waals surface area contributed by atoms with Crippen LogP contribution in [0.2, 0.25) is 0 Å². The Morgan fingerprint density at radius 3 is 2.36 bits per heavy atom. The number of morpholine rings is 1. The third kappa shape index (κ3) is 5.74. The molecular weight excluding hydrogens is 318 g/mol. The highest BCUT2D eigenvalue weighted by Gasteiger charge is 2.25. The Hall–Kier alpha value is -2.08. The summed E-state index contributed by atoms with van der Waals surface area (Å²) in [6.07, 6.45) is 0.562. The van der Waals surface area contributed by atoms with Crippen molar-refractivity contribution in [3.8, 4) is 0 Å². The lowest BCUT2D eigenvalue weighted by Gasteiger charge is -2.30. The number of benzene rings is 1. The summed E-state index contributed by atoms with van der Waals surface area (Å²) in [5.41, 5.74) is 2.31. The molecular formula is C19H29N3O3. The van der Waals surface area contributed by atoms with E-state index in [1.165, 1.54) is 5.56 Å². The number of hydrogen-bond acceptors (Lipinski definition) is 3. The first-order chi connectivity index (χ1) is 12.0. The van der Waals surface area contributed by atoms with Gasteiger partial charge in [-0.15, -0.1) is 0 Å². The largest absolute Gasteiger partial charge is 0.378 e. The van der Waals surface area contributed by atoms with Crippen LogP contribution >= 0.6 is 0 Å². The van der Waals surface area contributed by atoms with Gasteiger partial charge in [-0.2, -0.15) is 0 Å². The van der Waals surface area contributed by atoms with Crippen molar-refractivity contribution < 1.29 is 14.3 Å². The summed E-state index contributed by atoms with van der Waals surface area (Å²) in [5.74, 6) is 0.448. The Balaban J connectivity index is 1.82. The maximum Gasteiger partial charge on any atom is 0.315 e. The van der Waals surface area contributed by atoms with Crippen molar-refractivity contribution in [1.29, 1.82) is 0 Å². The SMILES string of the molecule is CCC(NC(=O)NCc1ccc(C(C)C)cc1)C(=O)N1CCOCC1. The van der Waals surface area contributed by atoms with Gasteiger partial charge in [0.2, 0.25) is 5.91 Å². The Morgan fingerprint density at radius 1 is 1.16 bits per heavy atom. The number of ether oxygens (including phenoxy) is 1. The molecule has 1 unspecified atom stereocenters. The molecule has 0 spiro atoms. The predicted molar refractivity (Wildman–Crippen MR) is 97.4 cm³/mol. The van der Waals surface area contributed by atoms with Crippen LogP contribution in [-0.2, 0) is 16.1 Å².